The number of benzene rings is 1. The molecule has 1 aromatic heterocycles. The van der Waals surface area contributed by atoms with Crippen LogP contribution in [0.5, 0.6) is 0 Å². The van der Waals surface area contributed by atoms with Crippen LogP contribution in [0.4, 0.5) is 36.8 Å². The van der Waals surface area contributed by atoms with Gasteiger partial charge in [0.1, 0.15) is 17.3 Å². The molecule has 1 heterocycles. The van der Waals surface area contributed by atoms with Gasteiger partial charge in [0.25, 0.3) is 5.95 Å². The molecular weight excluding hydrogens is 444 g/mol. The quantitative estimate of drug-likeness (QED) is 0.395. The number of hydrogen-bond donors (Lipinski definition) is 4. The number of nitrogens with zero attached hydrogens (tertiary/aromatic N) is 3. The van der Waals surface area contributed by atoms with Gasteiger partial charge in [0.2, 0.25) is 0 Å². The number of nitrogen functional groups attached to an aromatic ring is 2. The average Bonchev–Trinajstić information content (AvgIpc) is 2.80. The summed E-state index contributed by atoms with van der Waals surface area (Å²) in [6.07, 6.45) is 2.97. The predicted molar refractivity (Wildman–Crippen MR) is 130 cm³/mol. The van der Waals surface area contributed by atoms with Crippen LogP contribution in [0, 0.1) is 17.0 Å². The molecule has 1 amide bonds. The number of carbonyl (C=O) groups excluding carboxylic acids is 1. The van der Waals surface area contributed by atoms with Gasteiger partial charge in [-0.1, -0.05) is 26.5 Å². The first kappa shape index (κ1) is 26.1. The van der Waals surface area contributed by atoms with E-state index in [2.05, 4.69) is 31.6 Å². The first-order valence-corrected chi connectivity index (χ1v) is 10.4. The highest BCUT2D eigenvalue weighted by atomic mass is 19.1. The highest BCUT2D eigenvalue weighted by molar-refractivity contribution is 6.28. The first-order valence-electron chi connectivity index (χ1n) is 10.4. The SMILES string of the molecule is C=CC(=Nc1nc(N)c(NC(=O)OC)c(N)n1)/C(=C\CC)C(=N)Cc1cc(F)cc(CC)c1F. The van der Waals surface area contributed by atoms with E-state index in [9.17, 15) is 13.6 Å². The Morgan fingerprint density at radius 1 is 1.24 bits per heavy atom. The van der Waals surface area contributed by atoms with Crippen LogP contribution >= 0.6 is 0 Å². The monoisotopic (exact) mass is 471 g/mol. The van der Waals surface area contributed by atoms with Crippen molar-refractivity contribution in [1.29, 1.82) is 5.41 Å². The number of aryl methyl sites for hydroxylation is 1. The van der Waals surface area contributed by atoms with Crippen molar-refractivity contribution in [3.63, 3.8) is 0 Å². The van der Waals surface area contributed by atoms with E-state index in [1.165, 1.54) is 13.2 Å². The summed E-state index contributed by atoms with van der Waals surface area (Å²) in [5.41, 5.74) is 12.6. The Bertz CT molecular complexity index is 1150. The predicted octanol–water partition coefficient (Wildman–Crippen LogP) is 4.52. The summed E-state index contributed by atoms with van der Waals surface area (Å²) in [5, 5.41) is 10.9. The molecule has 1 aromatic carbocycles. The third kappa shape index (κ3) is 6.21. The Balaban J connectivity index is 2.44. The molecule has 0 aliphatic heterocycles. The van der Waals surface area contributed by atoms with Crippen molar-refractivity contribution >= 4 is 40.8 Å². The van der Waals surface area contributed by atoms with Crippen molar-refractivity contribution in [3.8, 4) is 0 Å². The number of carbonyl (C=O) groups is 1. The number of nitrogens with two attached hydrogens (primary N) is 2. The van der Waals surface area contributed by atoms with Gasteiger partial charge in [-0.2, -0.15) is 9.97 Å². The van der Waals surface area contributed by atoms with Crippen molar-refractivity contribution in [2.75, 3.05) is 23.9 Å². The molecule has 0 bridgehead atoms. The summed E-state index contributed by atoms with van der Waals surface area (Å²) in [5.74, 6) is -1.55. The van der Waals surface area contributed by atoms with Crippen LogP contribution in [-0.2, 0) is 17.6 Å². The lowest BCUT2D eigenvalue weighted by Crippen LogP contribution is -2.16. The smallest absolute Gasteiger partial charge is 0.411 e. The fraction of sp³-hybridized carbons (Fsp3) is 0.261. The molecule has 0 saturated carbocycles. The Hall–Kier alpha value is -4.15. The number of nitrogens with one attached hydrogen (secondary N) is 2. The van der Waals surface area contributed by atoms with E-state index in [1.54, 1.807) is 13.0 Å². The van der Waals surface area contributed by atoms with Crippen LogP contribution in [0.2, 0.25) is 0 Å². The number of rotatable bonds is 9. The van der Waals surface area contributed by atoms with Crippen molar-refractivity contribution < 1.29 is 18.3 Å². The van der Waals surface area contributed by atoms with Crippen molar-refractivity contribution in [2.45, 2.75) is 33.1 Å². The van der Waals surface area contributed by atoms with E-state index in [4.69, 9.17) is 16.9 Å². The molecule has 180 valence electrons. The molecule has 34 heavy (non-hydrogen) atoms. The lowest BCUT2D eigenvalue weighted by Gasteiger charge is -2.13. The molecule has 9 nitrogen and oxygen atoms in total. The van der Waals surface area contributed by atoms with Crippen LogP contribution < -0.4 is 16.8 Å². The maximum Gasteiger partial charge on any atom is 0.411 e. The van der Waals surface area contributed by atoms with Crippen molar-refractivity contribution in [3.05, 3.63) is 59.2 Å². The summed E-state index contributed by atoms with van der Waals surface area (Å²) < 4.78 is 33.2. The molecule has 0 radical (unpaired) electrons. The highest BCUT2D eigenvalue weighted by Crippen LogP contribution is 2.26. The lowest BCUT2D eigenvalue weighted by molar-refractivity contribution is 0.187. The average molecular weight is 472 g/mol. The van der Waals surface area contributed by atoms with Gasteiger partial charge in [0.05, 0.1) is 12.8 Å². The number of anilines is 3. The number of ether oxygens (including phenoxy) is 1. The number of aliphatic imine (C=N–C) groups is 1. The van der Waals surface area contributed by atoms with Gasteiger partial charge < -0.3 is 21.6 Å². The van der Waals surface area contributed by atoms with E-state index in [1.807, 2.05) is 6.92 Å². The zero-order valence-corrected chi connectivity index (χ0v) is 19.2. The molecule has 0 aliphatic carbocycles. The summed E-state index contributed by atoms with van der Waals surface area (Å²) >= 11 is 0. The highest BCUT2D eigenvalue weighted by Gasteiger charge is 2.18. The molecule has 2 rings (SSSR count). The number of hydrogen-bond acceptors (Lipinski definition) is 8. The largest absolute Gasteiger partial charge is 0.453 e. The zero-order valence-electron chi connectivity index (χ0n) is 19.2. The minimum Gasteiger partial charge on any atom is -0.453 e. The maximum atomic E-state index is 14.7. The second-order valence-corrected chi connectivity index (χ2v) is 7.06. The molecule has 0 unspecified atom stereocenters. The van der Waals surface area contributed by atoms with E-state index < -0.39 is 17.7 Å². The summed E-state index contributed by atoms with van der Waals surface area (Å²) in [6, 6.07) is 2.22. The lowest BCUT2D eigenvalue weighted by atomic mass is 9.95. The van der Waals surface area contributed by atoms with E-state index in [-0.39, 0.29) is 52.2 Å². The normalized spacial score (nSPS) is 11.8. The Kier molecular flexibility index (Phi) is 8.94. The summed E-state index contributed by atoms with van der Waals surface area (Å²) in [4.78, 5) is 23.8. The number of allylic oxidation sites excluding steroid dienone is 3. The van der Waals surface area contributed by atoms with Crippen LogP contribution in [0.3, 0.4) is 0 Å². The zero-order chi connectivity index (χ0) is 25.4. The van der Waals surface area contributed by atoms with Crippen LogP contribution in [0.25, 0.3) is 0 Å². The molecule has 2 aromatic rings. The van der Waals surface area contributed by atoms with Crippen molar-refractivity contribution in [1.82, 2.24) is 9.97 Å². The molecule has 0 atom stereocenters. The Morgan fingerprint density at radius 2 is 1.85 bits per heavy atom. The topological polar surface area (TPSA) is 152 Å². The molecule has 11 heteroatoms. The van der Waals surface area contributed by atoms with Crippen molar-refractivity contribution in [2.24, 2.45) is 4.99 Å². The van der Waals surface area contributed by atoms with E-state index >= 15 is 0 Å². The van der Waals surface area contributed by atoms with Crippen LogP contribution in [0.1, 0.15) is 31.4 Å². The fourth-order valence-electron chi connectivity index (χ4n) is 3.10. The van der Waals surface area contributed by atoms with Gasteiger partial charge in [-0.3, -0.25) is 5.32 Å². The van der Waals surface area contributed by atoms with E-state index in [0.29, 0.717) is 18.4 Å². The maximum absolute atomic E-state index is 14.7. The second kappa shape index (κ2) is 11.6. The fourth-order valence-corrected chi connectivity index (χ4v) is 3.10. The van der Waals surface area contributed by atoms with Gasteiger partial charge in [-0.05, 0) is 42.2 Å². The Labute approximate surface area is 196 Å². The van der Waals surface area contributed by atoms with Gasteiger partial charge in [-0.15, -0.1) is 0 Å². The standard InChI is InChI=1S/C23H27F2N7O2/c1-5-8-15(16(26)11-13-10-14(24)9-12(6-2)18(13)25)17(7-3)29-22-31-20(27)19(21(28)32-22)30-23(33)34-4/h7-10,26H,3,5-6,11H2,1-2,4H3,(H,30,33)(H4,27,28,31,32)/b15-8-,26-16?,29-17?. The number of halogens is 2. The molecule has 0 spiro atoms. The van der Waals surface area contributed by atoms with Gasteiger partial charge in [0, 0.05) is 17.7 Å². The van der Waals surface area contributed by atoms with Crippen LogP contribution in [-0.4, -0.2) is 34.6 Å². The summed E-state index contributed by atoms with van der Waals surface area (Å²) in [7, 11) is 1.17. The van der Waals surface area contributed by atoms with Gasteiger partial charge in [-0.25, -0.2) is 18.6 Å². The number of aromatic nitrogens is 2. The third-order valence-corrected chi connectivity index (χ3v) is 4.72. The molecule has 0 aliphatic rings. The third-order valence-electron chi connectivity index (χ3n) is 4.72. The number of amides is 1. The molecule has 6 N–H and O–H groups in total. The number of methoxy groups -OCH3 is 1. The second-order valence-electron chi connectivity index (χ2n) is 7.06. The molecule has 0 saturated heterocycles. The van der Waals surface area contributed by atoms with Crippen LogP contribution in [0.15, 0.2) is 41.4 Å². The minimum atomic E-state index is -0.803. The summed E-state index contributed by atoms with van der Waals surface area (Å²) in [6.45, 7) is 7.30. The molecule has 0 fully saturated rings. The first-order chi connectivity index (χ1) is 16.1. The minimum absolute atomic E-state index is 0.00280. The van der Waals surface area contributed by atoms with E-state index in [0.717, 1.165) is 12.1 Å². The van der Waals surface area contributed by atoms with Gasteiger partial charge >= 0.3 is 6.09 Å². The Morgan fingerprint density at radius 3 is 2.38 bits per heavy atom. The molecular formula is C23H27F2N7O2. The van der Waals surface area contributed by atoms with Gasteiger partial charge in [0.15, 0.2) is 11.6 Å².